The number of aromatic nitrogens is 2. The van der Waals surface area contributed by atoms with Crippen molar-refractivity contribution in [2.24, 2.45) is 5.92 Å². The molecule has 5 heteroatoms. The summed E-state index contributed by atoms with van der Waals surface area (Å²) in [6, 6.07) is 6.09. The van der Waals surface area contributed by atoms with Crippen LogP contribution in [0.3, 0.4) is 0 Å². The molecule has 0 bridgehead atoms. The van der Waals surface area contributed by atoms with Crippen LogP contribution in [0.2, 0.25) is 0 Å². The topological polar surface area (TPSA) is 40.9 Å². The standard InChI is InChI=1S/C20H28N4O/c25-20(14-17-6-2-1-3-7-17)23-12-10-22(11-13-23)16-18-15-21-19-8-4-5-9-24(18)19/h4-5,8-9,15,17H,1-3,6-7,10-14,16H2. The summed E-state index contributed by atoms with van der Waals surface area (Å²) in [5, 5.41) is 0. The summed E-state index contributed by atoms with van der Waals surface area (Å²) in [4.78, 5) is 21.5. The number of hydrogen-bond donors (Lipinski definition) is 0. The predicted octanol–water partition coefficient (Wildman–Crippen LogP) is 2.95. The predicted molar refractivity (Wildman–Crippen MR) is 98.2 cm³/mol. The lowest BCUT2D eigenvalue weighted by molar-refractivity contribution is -0.134. The molecule has 0 aromatic carbocycles. The molecule has 0 unspecified atom stereocenters. The molecule has 2 aromatic heterocycles. The number of amides is 1. The maximum atomic E-state index is 12.6. The van der Waals surface area contributed by atoms with E-state index in [1.807, 2.05) is 24.4 Å². The Morgan fingerprint density at radius 3 is 2.68 bits per heavy atom. The molecule has 0 spiro atoms. The van der Waals surface area contributed by atoms with Crippen molar-refractivity contribution in [2.45, 2.75) is 45.1 Å². The van der Waals surface area contributed by atoms with Gasteiger partial charge in [0.2, 0.25) is 5.91 Å². The van der Waals surface area contributed by atoms with Gasteiger partial charge in [0, 0.05) is 45.3 Å². The number of pyridine rings is 1. The van der Waals surface area contributed by atoms with Crippen LogP contribution in [0.4, 0.5) is 0 Å². The van der Waals surface area contributed by atoms with Gasteiger partial charge in [0.25, 0.3) is 0 Å². The van der Waals surface area contributed by atoms with Crippen LogP contribution in [0, 0.1) is 5.92 Å². The lowest BCUT2D eigenvalue weighted by Gasteiger charge is -2.35. The zero-order valence-electron chi connectivity index (χ0n) is 14.9. The summed E-state index contributed by atoms with van der Waals surface area (Å²) < 4.78 is 2.15. The number of rotatable bonds is 4. The first-order valence-corrected chi connectivity index (χ1v) is 9.71. The lowest BCUT2D eigenvalue weighted by atomic mass is 9.86. The smallest absolute Gasteiger partial charge is 0.222 e. The van der Waals surface area contributed by atoms with Gasteiger partial charge in [-0.05, 0) is 30.9 Å². The number of hydrogen-bond acceptors (Lipinski definition) is 3. The zero-order valence-corrected chi connectivity index (χ0v) is 14.9. The highest BCUT2D eigenvalue weighted by Gasteiger charge is 2.24. The number of fused-ring (bicyclic) bond motifs is 1. The summed E-state index contributed by atoms with van der Waals surface area (Å²) in [5.74, 6) is 1.01. The van der Waals surface area contributed by atoms with Crippen molar-refractivity contribution in [2.75, 3.05) is 26.2 Å². The van der Waals surface area contributed by atoms with Crippen LogP contribution >= 0.6 is 0 Å². The van der Waals surface area contributed by atoms with E-state index in [-0.39, 0.29) is 0 Å². The fourth-order valence-electron chi connectivity index (χ4n) is 4.25. The Bertz CT molecular complexity index is 711. The number of carbonyl (C=O) groups excluding carboxylic acids is 1. The van der Waals surface area contributed by atoms with E-state index in [9.17, 15) is 4.79 Å². The van der Waals surface area contributed by atoms with Crippen LogP contribution in [-0.2, 0) is 11.3 Å². The molecule has 1 saturated heterocycles. The number of nitrogens with zero attached hydrogens (tertiary/aromatic N) is 4. The van der Waals surface area contributed by atoms with Crippen LogP contribution in [0.1, 0.15) is 44.2 Å². The van der Waals surface area contributed by atoms with E-state index >= 15 is 0 Å². The summed E-state index contributed by atoms with van der Waals surface area (Å²) in [6.45, 7) is 4.54. The molecule has 1 aliphatic carbocycles. The third kappa shape index (κ3) is 3.87. The number of piperazine rings is 1. The third-order valence-corrected chi connectivity index (χ3v) is 5.79. The third-order valence-electron chi connectivity index (χ3n) is 5.79. The molecular weight excluding hydrogens is 312 g/mol. The molecule has 2 fully saturated rings. The van der Waals surface area contributed by atoms with Gasteiger partial charge in [0.1, 0.15) is 5.65 Å². The molecular formula is C20H28N4O. The van der Waals surface area contributed by atoms with E-state index in [2.05, 4.69) is 25.4 Å². The first-order chi connectivity index (χ1) is 12.3. The van der Waals surface area contributed by atoms with E-state index in [1.54, 1.807) is 0 Å². The summed E-state index contributed by atoms with van der Waals surface area (Å²) in [5.41, 5.74) is 2.22. The quantitative estimate of drug-likeness (QED) is 0.859. The highest BCUT2D eigenvalue weighted by atomic mass is 16.2. The van der Waals surface area contributed by atoms with E-state index in [1.165, 1.54) is 37.8 Å². The normalized spacial score (nSPS) is 20.2. The minimum atomic E-state index is 0.376. The minimum Gasteiger partial charge on any atom is -0.340 e. The van der Waals surface area contributed by atoms with E-state index in [0.29, 0.717) is 11.8 Å². The van der Waals surface area contributed by atoms with Gasteiger partial charge < -0.3 is 9.30 Å². The Labute approximate surface area is 149 Å². The molecule has 1 aliphatic heterocycles. The SMILES string of the molecule is O=C(CC1CCCCC1)N1CCN(Cc2cnc3ccccn23)CC1. The van der Waals surface area contributed by atoms with Gasteiger partial charge in [0.15, 0.2) is 0 Å². The van der Waals surface area contributed by atoms with Crippen LogP contribution in [0.5, 0.6) is 0 Å². The molecule has 0 atom stereocenters. The second-order valence-corrected chi connectivity index (χ2v) is 7.54. The van der Waals surface area contributed by atoms with Gasteiger partial charge >= 0.3 is 0 Å². The number of carbonyl (C=O) groups is 1. The van der Waals surface area contributed by atoms with Crippen molar-refractivity contribution in [3.8, 4) is 0 Å². The Morgan fingerprint density at radius 2 is 1.88 bits per heavy atom. The van der Waals surface area contributed by atoms with Gasteiger partial charge in [-0.3, -0.25) is 9.69 Å². The number of imidazole rings is 1. The van der Waals surface area contributed by atoms with Crippen LogP contribution in [0.25, 0.3) is 5.65 Å². The second-order valence-electron chi connectivity index (χ2n) is 7.54. The summed E-state index contributed by atoms with van der Waals surface area (Å²) >= 11 is 0. The van der Waals surface area contributed by atoms with E-state index in [4.69, 9.17) is 0 Å². The molecule has 0 N–H and O–H groups in total. The van der Waals surface area contributed by atoms with Crippen LogP contribution in [0.15, 0.2) is 30.6 Å². The monoisotopic (exact) mass is 340 g/mol. The fraction of sp³-hybridized carbons (Fsp3) is 0.600. The maximum Gasteiger partial charge on any atom is 0.222 e. The first kappa shape index (κ1) is 16.6. The molecule has 4 rings (SSSR count). The molecule has 2 aromatic rings. The van der Waals surface area contributed by atoms with Crippen molar-refractivity contribution in [1.82, 2.24) is 19.2 Å². The lowest BCUT2D eigenvalue weighted by Crippen LogP contribution is -2.48. The van der Waals surface area contributed by atoms with Gasteiger partial charge in [-0.1, -0.05) is 25.3 Å². The molecule has 1 amide bonds. The molecule has 3 heterocycles. The first-order valence-electron chi connectivity index (χ1n) is 9.71. The van der Waals surface area contributed by atoms with Gasteiger partial charge in [-0.15, -0.1) is 0 Å². The van der Waals surface area contributed by atoms with Crippen molar-refractivity contribution in [3.05, 3.63) is 36.3 Å². The van der Waals surface area contributed by atoms with Gasteiger partial charge in [-0.25, -0.2) is 4.98 Å². The largest absolute Gasteiger partial charge is 0.340 e. The Hall–Kier alpha value is -1.88. The molecule has 1 saturated carbocycles. The average Bonchev–Trinajstić information content (AvgIpc) is 3.06. The second kappa shape index (κ2) is 7.56. The minimum absolute atomic E-state index is 0.376. The van der Waals surface area contributed by atoms with Gasteiger partial charge in [-0.2, -0.15) is 0 Å². The van der Waals surface area contributed by atoms with E-state index < -0.39 is 0 Å². The molecule has 134 valence electrons. The Kier molecular flexibility index (Phi) is 5.02. The summed E-state index contributed by atoms with van der Waals surface area (Å²) in [7, 11) is 0. The highest BCUT2D eigenvalue weighted by Crippen LogP contribution is 2.27. The molecule has 5 nitrogen and oxygen atoms in total. The van der Waals surface area contributed by atoms with E-state index in [0.717, 1.165) is 44.8 Å². The molecule has 25 heavy (non-hydrogen) atoms. The maximum absolute atomic E-state index is 12.6. The zero-order chi connectivity index (χ0) is 17.1. The Balaban J connectivity index is 1.28. The van der Waals surface area contributed by atoms with Crippen LogP contribution < -0.4 is 0 Å². The summed E-state index contributed by atoms with van der Waals surface area (Å²) in [6.07, 6.45) is 11.3. The fourth-order valence-corrected chi connectivity index (χ4v) is 4.25. The molecule has 2 aliphatic rings. The highest BCUT2D eigenvalue weighted by molar-refractivity contribution is 5.76. The van der Waals surface area contributed by atoms with Crippen LogP contribution in [-0.4, -0.2) is 51.3 Å². The van der Waals surface area contributed by atoms with Crippen molar-refractivity contribution >= 4 is 11.6 Å². The van der Waals surface area contributed by atoms with Gasteiger partial charge in [0.05, 0.1) is 11.9 Å². The Morgan fingerprint density at radius 1 is 1.08 bits per heavy atom. The molecule has 0 radical (unpaired) electrons. The average molecular weight is 340 g/mol. The van der Waals surface area contributed by atoms with Crippen molar-refractivity contribution in [1.29, 1.82) is 0 Å². The van der Waals surface area contributed by atoms with Crippen molar-refractivity contribution in [3.63, 3.8) is 0 Å². The van der Waals surface area contributed by atoms with Crippen molar-refractivity contribution < 1.29 is 4.79 Å².